The van der Waals surface area contributed by atoms with Crippen molar-refractivity contribution in [2.45, 2.75) is 32.7 Å². The number of morpholine rings is 1. The molecule has 0 saturated carbocycles. The molecule has 3 heterocycles. The lowest BCUT2D eigenvalue weighted by molar-refractivity contribution is 0.0915. The number of hydrogen-bond donors (Lipinski definition) is 3. The molecule has 4 rings (SSSR count). The Morgan fingerprint density at radius 1 is 1.38 bits per heavy atom. The van der Waals surface area contributed by atoms with Gasteiger partial charge in [0.1, 0.15) is 5.75 Å². The quantitative estimate of drug-likeness (QED) is 0.708. The minimum atomic E-state index is -0.466. The van der Waals surface area contributed by atoms with Gasteiger partial charge in [0.25, 0.3) is 11.5 Å². The average molecular weight is 399 g/mol. The Bertz CT molecular complexity index is 981. The highest BCUT2D eigenvalue weighted by Crippen LogP contribution is 2.40. The predicted molar refractivity (Wildman–Crippen MR) is 106 cm³/mol. The van der Waals surface area contributed by atoms with Crippen LogP contribution in [-0.2, 0) is 11.2 Å². The van der Waals surface area contributed by atoms with Gasteiger partial charge in [-0.3, -0.25) is 9.59 Å². The molecule has 9 nitrogen and oxygen atoms in total. The number of aromatic nitrogens is 3. The highest BCUT2D eigenvalue weighted by atomic mass is 16.5. The summed E-state index contributed by atoms with van der Waals surface area (Å²) in [6, 6.07) is 0.706. The fourth-order valence-corrected chi connectivity index (χ4v) is 3.96. The SMILES string of the molecule is CC1(C)Cc2nc(N3CCOCC3)ncc2C(NC(=O)c2c[nH]c(=O)cc2O)C1. The molecule has 29 heavy (non-hydrogen) atoms. The number of ether oxygens (including phenoxy) is 1. The summed E-state index contributed by atoms with van der Waals surface area (Å²) < 4.78 is 5.40. The van der Waals surface area contributed by atoms with Crippen molar-refractivity contribution < 1.29 is 14.6 Å². The Kier molecular flexibility index (Phi) is 4.99. The zero-order valence-electron chi connectivity index (χ0n) is 16.6. The molecule has 0 aromatic carbocycles. The van der Waals surface area contributed by atoms with Crippen LogP contribution in [-0.4, -0.2) is 52.3 Å². The molecular formula is C20H25N5O4. The van der Waals surface area contributed by atoms with Crippen LogP contribution in [0.15, 0.2) is 23.3 Å². The number of anilines is 1. The van der Waals surface area contributed by atoms with Crippen molar-refractivity contribution in [2.24, 2.45) is 5.41 Å². The molecule has 1 amide bonds. The Hall–Kier alpha value is -2.94. The minimum absolute atomic E-state index is 0.0281. The van der Waals surface area contributed by atoms with Crippen molar-refractivity contribution in [3.05, 3.63) is 45.6 Å². The largest absolute Gasteiger partial charge is 0.507 e. The zero-order valence-corrected chi connectivity index (χ0v) is 16.6. The van der Waals surface area contributed by atoms with Crippen molar-refractivity contribution in [3.8, 4) is 5.75 Å². The molecule has 2 aromatic heterocycles. The maximum absolute atomic E-state index is 12.7. The second-order valence-corrected chi connectivity index (χ2v) is 8.34. The third kappa shape index (κ3) is 4.09. The summed E-state index contributed by atoms with van der Waals surface area (Å²) in [6.07, 6.45) is 4.52. The van der Waals surface area contributed by atoms with Gasteiger partial charge in [-0.2, -0.15) is 0 Å². The summed E-state index contributed by atoms with van der Waals surface area (Å²) in [5.41, 5.74) is 1.31. The summed E-state index contributed by atoms with van der Waals surface area (Å²) in [7, 11) is 0. The van der Waals surface area contributed by atoms with E-state index in [4.69, 9.17) is 9.72 Å². The molecule has 0 radical (unpaired) electrons. The summed E-state index contributed by atoms with van der Waals surface area (Å²) in [5, 5.41) is 12.9. The van der Waals surface area contributed by atoms with Gasteiger partial charge < -0.3 is 25.0 Å². The molecule has 154 valence electrons. The molecule has 1 saturated heterocycles. The number of amides is 1. The molecule has 1 atom stereocenters. The van der Waals surface area contributed by atoms with E-state index in [1.807, 2.05) is 0 Å². The van der Waals surface area contributed by atoms with Crippen LogP contribution in [0, 0.1) is 5.41 Å². The van der Waals surface area contributed by atoms with Crippen molar-refractivity contribution in [3.63, 3.8) is 0 Å². The van der Waals surface area contributed by atoms with Gasteiger partial charge in [0, 0.05) is 37.1 Å². The monoisotopic (exact) mass is 399 g/mol. The lowest BCUT2D eigenvalue weighted by Crippen LogP contribution is -2.39. The Morgan fingerprint density at radius 3 is 2.86 bits per heavy atom. The number of aromatic amines is 1. The number of carbonyl (C=O) groups is 1. The van der Waals surface area contributed by atoms with Crippen molar-refractivity contribution in [1.29, 1.82) is 0 Å². The average Bonchev–Trinajstić information content (AvgIpc) is 2.67. The first-order valence-corrected chi connectivity index (χ1v) is 9.73. The molecular weight excluding hydrogens is 374 g/mol. The first-order chi connectivity index (χ1) is 13.8. The number of rotatable bonds is 3. The predicted octanol–water partition coefficient (Wildman–Crippen LogP) is 1.15. The number of pyridine rings is 1. The highest BCUT2D eigenvalue weighted by Gasteiger charge is 2.35. The van der Waals surface area contributed by atoms with E-state index in [-0.39, 0.29) is 22.8 Å². The first-order valence-electron chi connectivity index (χ1n) is 9.73. The van der Waals surface area contributed by atoms with E-state index in [1.165, 1.54) is 6.20 Å². The van der Waals surface area contributed by atoms with Crippen LogP contribution >= 0.6 is 0 Å². The summed E-state index contributed by atoms with van der Waals surface area (Å²) in [5.74, 6) is -0.113. The topological polar surface area (TPSA) is 120 Å². The number of carbonyl (C=O) groups excluding carboxylic acids is 1. The number of nitrogens with one attached hydrogen (secondary N) is 2. The summed E-state index contributed by atoms with van der Waals surface area (Å²) in [6.45, 7) is 7.12. The van der Waals surface area contributed by atoms with Crippen LogP contribution < -0.4 is 15.8 Å². The number of hydrogen-bond acceptors (Lipinski definition) is 7. The third-order valence-electron chi connectivity index (χ3n) is 5.41. The van der Waals surface area contributed by atoms with Crippen LogP contribution in [0.5, 0.6) is 5.75 Å². The molecule has 0 bridgehead atoms. The van der Waals surface area contributed by atoms with Crippen molar-refractivity contribution >= 4 is 11.9 Å². The van der Waals surface area contributed by atoms with Gasteiger partial charge in [-0.25, -0.2) is 9.97 Å². The van der Waals surface area contributed by atoms with Crippen molar-refractivity contribution in [2.75, 3.05) is 31.2 Å². The molecule has 2 aromatic rings. The second kappa shape index (κ2) is 7.47. The summed E-state index contributed by atoms with van der Waals surface area (Å²) in [4.78, 5) is 37.9. The smallest absolute Gasteiger partial charge is 0.257 e. The van der Waals surface area contributed by atoms with Crippen LogP contribution in [0.3, 0.4) is 0 Å². The van der Waals surface area contributed by atoms with E-state index in [1.54, 1.807) is 6.20 Å². The van der Waals surface area contributed by atoms with Gasteiger partial charge in [0.15, 0.2) is 0 Å². The standard InChI is InChI=1S/C20H25N5O4/c1-20(2)8-14(23-18(28)13-11-21-17(27)7-16(13)26)12-10-22-19(24-15(12)9-20)25-3-5-29-6-4-25/h7,10-11,14H,3-6,8-9H2,1-2H3,(H,23,28)(H2,21,26,27). The van der Waals surface area contributed by atoms with Crippen LogP contribution in [0.25, 0.3) is 0 Å². The maximum atomic E-state index is 12.7. The highest BCUT2D eigenvalue weighted by molar-refractivity contribution is 5.96. The van der Waals surface area contributed by atoms with Gasteiger partial charge in [-0.05, 0) is 18.3 Å². The molecule has 0 spiro atoms. The number of aromatic hydroxyl groups is 1. The maximum Gasteiger partial charge on any atom is 0.257 e. The van der Waals surface area contributed by atoms with Crippen LogP contribution in [0.4, 0.5) is 5.95 Å². The van der Waals surface area contributed by atoms with Crippen LogP contribution in [0.1, 0.15) is 47.9 Å². The lowest BCUT2D eigenvalue weighted by atomic mass is 9.74. The second-order valence-electron chi connectivity index (χ2n) is 8.34. The Morgan fingerprint density at radius 2 is 2.14 bits per heavy atom. The fraction of sp³-hybridized carbons (Fsp3) is 0.500. The van der Waals surface area contributed by atoms with Gasteiger partial charge in [0.2, 0.25) is 5.95 Å². The van der Waals surface area contributed by atoms with Crippen LogP contribution in [0.2, 0.25) is 0 Å². The van der Waals surface area contributed by atoms with E-state index in [9.17, 15) is 14.7 Å². The van der Waals surface area contributed by atoms with E-state index in [2.05, 4.69) is 34.0 Å². The Labute approximate surface area is 168 Å². The number of fused-ring (bicyclic) bond motifs is 1. The Balaban J connectivity index is 1.61. The van der Waals surface area contributed by atoms with Gasteiger partial charge in [0.05, 0.1) is 30.5 Å². The number of nitrogens with zero attached hydrogens (tertiary/aromatic N) is 3. The first kappa shape index (κ1) is 19.4. The van der Waals surface area contributed by atoms with E-state index in [0.717, 1.165) is 43.3 Å². The fourth-order valence-electron chi connectivity index (χ4n) is 3.96. The van der Waals surface area contributed by atoms with E-state index < -0.39 is 11.5 Å². The molecule has 2 aliphatic rings. The third-order valence-corrected chi connectivity index (χ3v) is 5.41. The van der Waals surface area contributed by atoms with Gasteiger partial charge in [-0.1, -0.05) is 13.8 Å². The van der Waals surface area contributed by atoms with E-state index in [0.29, 0.717) is 19.2 Å². The van der Waals surface area contributed by atoms with Gasteiger partial charge >= 0.3 is 0 Å². The molecule has 1 unspecified atom stereocenters. The molecule has 3 N–H and O–H groups in total. The minimum Gasteiger partial charge on any atom is -0.507 e. The molecule has 1 aliphatic carbocycles. The summed E-state index contributed by atoms with van der Waals surface area (Å²) >= 11 is 0. The normalized spacial score (nSPS) is 20.8. The van der Waals surface area contributed by atoms with E-state index >= 15 is 0 Å². The zero-order chi connectivity index (χ0) is 20.6. The van der Waals surface area contributed by atoms with Crippen molar-refractivity contribution in [1.82, 2.24) is 20.3 Å². The molecule has 9 heteroatoms. The lowest BCUT2D eigenvalue weighted by Gasteiger charge is -2.37. The molecule has 1 aliphatic heterocycles. The van der Waals surface area contributed by atoms with Gasteiger partial charge in [-0.15, -0.1) is 0 Å². The molecule has 1 fully saturated rings. The number of H-pyrrole nitrogens is 1.